The molecule has 1 saturated heterocycles. The van der Waals surface area contributed by atoms with Gasteiger partial charge in [-0.1, -0.05) is 0 Å². The van der Waals surface area contributed by atoms with E-state index in [1.54, 1.807) is 0 Å². The van der Waals surface area contributed by atoms with Crippen LogP contribution in [0.1, 0.15) is 0 Å². The number of carbonyl (C=O) groups excluding carboxylic acids is 1. The molecule has 7 heteroatoms. The van der Waals surface area contributed by atoms with Crippen molar-refractivity contribution >= 4 is 28.7 Å². The summed E-state index contributed by atoms with van der Waals surface area (Å²) in [5, 5.41) is 27.1. The van der Waals surface area contributed by atoms with Crippen molar-refractivity contribution in [2.24, 2.45) is 0 Å². The molecule has 0 amide bonds. The van der Waals surface area contributed by atoms with Crippen LogP contribution < -0.4 is 0 Å². The van der Waals surface area contributed by atoms with E-state index in [2.05, 4.69) is 0 Å². The summed E-state index contributed by atoms with van der Waals surface area (Å²) >= 11 is -1.28. The summed E-state index contributed by atoms with van der Waals surface area (Å²) in [7, 11) is 0. The Morgan fingerprint density at radius 1 is 1.46 bits per heavy atom. The van der Waals surface area contributed by atoms with E-state index in [4.69, 9.17) is 16.2 Å². The van der Waals surface area contributed by atoms with Crippen LogP contribution in [0.2, 0.25) is 0 Å². The molecular weight excluding hydrogens is 290 g/mol. The molecule has 1 aliphatic heterocycles. The predicted molar refractivity (Wildman–Crippen MR) is 40.7 cm³/mol. The molecule has 0 aromatic rings. The van der Waals surface area contributed by atoms with E-state index in [9.17, 15) is 9.90 Å². The van der Waals surface area contributed by atoms with Crippen molar-refractivity contribution in [2.45, 2.75) is 24.4 Å². The molecule has 13 heavy (non-hydrogen) atoms. The molecule has 0 saturated carbocycles. The molecule has 0 aromatic heterocycles. The Labute approximate surface area is 86.1 Å². The SMILES string of the molecule is O=CC(O)C(O)C1[O][Sb][O]C1CO. The number of carbonyl (C=O) groups is 1. The van der Waals surface area contributed by atoms with E-state index in [1.807, 2.05) is 0 Å². The third-order valence-corrected chi connectivity index (χ3v) is 3.67. The molecule has 75 valence electrons. The maximum absolute atomic E-state index is 10.1. The Morgan fingerprint density at radius 2 is 2.15 bits per heavy atom. The van der Waals surface area contributed by atoms with E-state index in [1.165, 1.54) is 0 Å². The van der Waals surface area contributed by atoms with Gasteiger partial charge in [0.2, 0.25) is 0 Å². The first kappa shape index (κ1) is 11.4. The van der Waals surface area contributed by atoms with Crippen LogP contribution in [-0.2, 0) is 10.8 Å². The van der Waals surface area contributed by atoms with Crippen molar-refractivity contribution in [2.75, 3.05) is 6.61 Å². The molecule has 4 atom stereocenters. The predicted octanol–water partition coefficient (Wildman–Crippen LogP) is -2.78. The third kappa shape index (κ3) is 2.62. The topological polar surface area (TPSA) is 96.2 Å². The molecule has 1 radical (unpaired) electrons. The molecular formula is C6H10O6Sb. The normalized spacial score (nSPS) is 32.8. The van der Waals surface area contributed by atoms with Crippen molar-refractivity contribution in [3.05, 3.63) is 0 Å². The summed E-state index contributed by atoms with van der Waals surface area (Å²) in [5.41, 5.74) is 0. The van der Waals surface area contributed by atoms with Crippen molar-refractivity contribution in [1.29, 1.82) is 0 Å². The molecule has 0 spiro atoms. The second kappa shape index (κ2) is 5.24. The molecule has 3 N–H and O–H groups in total. The number of hydrogen-bond acceptors (Lipinski definition) is 6. The Balaban J connectivity index is 2.54. The molecule has 0 aromatic carbocycles. The Bertz CT molecular complexity index is 177. The first-order valence-corrected chi connectivity index (χ1v) is 5.73. The van der Waals surface area contributed by atoms with Crippen LogP contribution in [0.15, 0.2) is 0 Å². The summed E-state index contributed by atoms with van der Waals surface area (Å²) in [5.74, 6) is 0. The first-order chi connectivity index (χ1) is 6.20. The van der Waals surface area contributed by atoms with Crippen molar-refractivity contribution in [3.8, 4) is 0 Å². The summed E-state index contributed by atoms with van der Waals surface area (Å²) in [6.07, 6.45) is -4.00. The average Bonchev–Trinajstić information content (AvgIpc) is 2.62. The van der Waals surface area contributed by atoms with Crippen molar-refractivity contribution in [3.63, 3.8) is 0 Å². The Hall–Kier alpha value is 0.288. The van der Waals surface area contributed by atoms with Gasteiger partial charge in [-0.3, -0.25) is 0 Å². The molecule has 1 heterocycles. The van der Waals surface area contributed by atoms with Gasteiger partial charge in [0, 0.05) is 0 Å². The van der Waals surface area contributed by atoms with Crippen LogP contribution in [-0.4, -0.2) is 75.1 Å². The molecule has 0 bridgehead atoms. The molecule has 6 nitrogen and oxygen atoms in total. The Kier molecular flexibility index (Phi) is 4.58. The summed E-state index contributed by atoms with van der Waals surface area (Å²) in [6, 6.07) is 0. The number of aliphatic hydroxyl groups is 3. The number of hydrogen-bond donors (Lipinski definition) is 3. The number of aldehydes is 1. The average molecular weight is 300 g/mol. The standard InChI is InChI=1S/C6H10O6.Sb/c7-1-3(9)5(11)6(12)4(10)2-8;/h1,3-6,8-9,11H,2H2;/q-2;+2. The summed E-state index contributed by atoms with van der Waals surface area (Å²) in [4.78, 5) is 10.1. The monoisotopic (exact) mass is 299 g/mol. The molecule has 1 fully saturated rings. The molecule has 1 rings (SSSR count). The fourth-order valence-electron chi connectivity index (χ4n) is 0.952. The Morgan fingerprint density at radius 3 is 2.69 bits per heavy atom. The first-order valence-electron chi connectivity index (χ1n) is 3.65. The van der Waals surface area contributed by atoms with Gasteiger partial charge in [-0.2, -0.15) is 0 Å². The zero-order valence-corrected chi connectivity index (χ0v) is 9.16. The maximum atomic E-state index is 10.1. The van der Waals surface area contributed by atoms with Gasteiger partial charge in [0.05, 0.1) is 0 Å². The van der Waals surface area contributed by atoms with E-state index in [-0.39, 0.29) is 12.9 Å². The van der Waals surface area contributed by atoms with E-state index in [0.29, 0.717) is 0 Å². The fraction of sp³-hybridized carbons (Fsp3) is 0.833. The second-order valence-corrected chi connectivity index (χ2v) is 4.22. The van der Waals surface area contributed by atoms with Crippen LogP contribution in [0.25, 0.3) is 0 Å². The van der Waals surface area contributed by atoms with Gasteiger partial charge < -0.3 is 0 Å². The zero-order chi connectivity index (χ0) is 9.84. The fourth-order valence-corrected chi connectivity index (χ4v) is 2.97. The van der Waals surface area contributed by atoms with E-state index in [0.717, 1.165) is 0 Å². The quantitative estimate of drug-likeness (QED) is 0.384. The van der Waals surface area contributed by atoms with Crippen LogP contribution in [0.5, 0.6) is 0 Å². The molecule has 4 unspecified atom stereocenters. The number of rotatable bonds is 4. The summed E-state index contributed by atoms with van der Waals surface area (Å²) in [6.45, 7) is -0.289. The van der Waals surface area contributed by atoms with Gasteiger partial charge in [0.25, 0.3) is 0 Å². The third-order valence-electron chi connectivity index (χ3n) is 1.72. The van der Waals surface area contributed by atoms with Gasteiger partial charge in [0.15, 0.2) is 0 Å². The van der Waals surface area contributed by atoms with Crippen LogP contribution in [0.3, 0.4) is 0 Å². The van der Waals surface area contributed by atoms with Gasteiger partial charge in [-0.15, -0.1) is 0 Å². The minimum absolute atomic E-state index is 0.226. The number of aliphatic hydroxyl groups excluding tert-OH is 3. The van der Waals surface area contributed by atoms with Crippen LogP contribution >= 0.6 is 0 Å². The van der Waals surface area contributed by atoms with Crippen molar-refractivity contribution in [1.82, 2.24) is 0 Å². The van der Waals surface area contributed by atoms with Crippen LogP contribution in [0.4, 0.5) is 0 Å². The second-order valence-electron chi connectivity index (χ2n) is 2.59. The molecule has 1 aliphatic rings. The minimum atomic E-state index is -1.49. The molecule has 0 aliphatic carbocycles. The van der Waals surface area contributed by atoms with Gasteiger partial charge in [0.1, 0.15) is 0 Å². The zero-order valence-electron chi connectivity index (χ0n) is 6.61. The van der Waals surface area contributed by atoms with E-state index >= 15 is 0 Å². The van der Waals surface area contributed by atoms with Crippen LogP contribution in [0, 0.1) is 0 Å². The summed E-state index contributed by atoms with van der Waals surface area (Å²) < 4.78 is 10.1. The van der Waals surface area contributed by atoms with Gasteiger partial charge in [-0.25, -0.2) is 0 Å². The van der Waals surface area contributed by atoms with Gasteiger partial charge in [-0.05, 0) is 0 Å². The van der Waals surface area contributed by atoms with E-state index < -0.39 is 46.9 Å². The van der Waals surface area contributed by atoms with Gasteiger partial charge >= 0.3 is 85.9 Å². The van der Waals surface area contributed by atoms with Crippen molar-refractivity contribution < 1.29 is 26.1 Å².